The number of rotatable bonds is 12. The molecule has 5 rings (SSSR count). The number of hydrogen-bond acceptors (Lipinski definition) is 4. The number of nitrogens with one attached hydrogen (secondary N) is 1. The summed E-state index contributed by atoms with van der Waals surface area (Å²) >= 11 is 1.82. The second-order valence-electron chi connectivity index (χ2n) is 9.45. The Morgan fingerprint density at radius 3 is 1.50 bits per heavy atom. The van der Waals surface area contributed by atoms with Crippen molar-refractivity contribution in [1.82, 2.24) is 0 Å². The summed E-state index contributed by atoms with van der Waals surface area (Å²) in [5.74, 6) is 1.98. The summed E-state index contributed by atoms with van der Waals surface area (Å²) in [6, 6.07) is 40.6. The summed E-state index contributed by atoms with van der Waals surface area (Å²) in [6.45, 7) is 0. The van der Waals surface area contributed by atoms with Crippen LogP contribution in [0.2, 0.25) is 0 Å². The standard InChI is InChI=1S/C34H30N2O4S.CH3.ClH.Ru/c35-33(26-14-5-1-6-15-26)34(27-16-7-2-8-17-27)36-41(37,38)25-24-30-31(39-28-18-9-3-10-19-28)22-13-23-32(30)40-29-20-11-4-12-21-29;;;/h1-23,33-35H,24-25H2;1H3;1H;/q-2;-1;;+4/p-1. The van der Waals surface area contributed by atoms with Gasteiger partial charge in [0.2, 0.25) is 0 Å². The second-order valence-corrected chi connectivity index (χ2v) is 11.2. The van der Waals surface area contributed by atoms with Crippen LogP contribution in [0.3, 0.4) is 0 Å². The van der Waals surface area contributed by atoms with Crippen molar-refractivity contribution < 1.29 is 35.2 Å². The monoisotopic (exact) mass is 714 g/mol. The molecule has 0 aliphatic heterocycles. The molecule has 0 amide bonds. The normalized spacial score (nSPS) is 12.0. The molecule has 0 aliphatic carbocycles. The van der Waals surface area contributed by atoms with E-state index in [0.717, 1.165) is 0 Å². The van der Waals surface area contributed by atoms with Crippen LogP contribution in [0.1, 0.15) is 28.8 Å². The van der Waals surface area contributed by atoms with E-state index in [1.807, 2.05) is 145 Å². The first-order chi connectivity index (χ1) is 21.0. The van der Waals surface area contributed by atoms with Crippen molar-refractivity contribution in [1.29, 1.82) is 0 Å². The minimum atomic E-state index is -3.97. The van der Waals surface area contributed by atoms with E-state index in [-0.39, 0.29) is 19.6 Å². The molecule has 0 aliphatic rings. The van der Waals surface area contributed by atoms with Gasteiger partial charge in [-0.25, -0.2) is 8.42 Å². The zero-order valence-corrected chi connectivity index (χ0v) is 27.4. The molecule has 228 valence electrons. The number of nitrogens with zero attached hydrogens (tertiary/aromatic N) is 1. The van der Waals surface area contributed by atoms with E-state index in [4.69, 9.17) is 15.2 Å². The van der Waals surface area contributed by atoms with Gasteiger partial charge in [0, 0.05) is 11.3 Å². The molecular formula is C35H33ClN2O4RuS. The van der Waals surface area contributed by atoms with Crippen molar-refractivity contribution >= 4 is 19.7 Å². The zero-order valence-electron chi connectivity index (χ0n) is 24.1. The summed E-state index contributed by atoms with van der Waals surface area (Å²) in [5, 5.41) is 0. The first-order valence-electron chi connectivity index (χ1n) is 13.5. The van der Waals surface area contributed by atoms with Gasteiger partial charge in [-0.3, -0.25) is 0 Å². The molecule has 0 aromatic heterocycles. The smallest absolute Gasteiger partial charge is 0.134 e. The maximum Gasteiger partial charge on any atom is 0.134 e. The Morgan fingerprint density at radius 2 is 1.05 bits per heavy atom. The number of hydrogen-bond donors (Lipinski definition) is 0. The fourth-order valence-electron chi connectivity index (χ4n) is 4.48. The van der Waals surface area contributed by atoms with E-state index in [1.54, 1.807) is 12.1 Å². The Hall–Kier alpha value is -3.52. The first kappa shape index (κ1) is 35.0. The molecule has 6 nitrogen and oxygen atoms in total. The summed E-state index contributed by atoms with van der Waals surface area (Å²) in [5.41, 5.74) is 10.9. The predicted octanol–water partition coefficient (Wildman–Crippen LogP) is 10.2. The average molecular weight is 714 g/mol. The van der Waals surface area contributed by atoms with Crippen LogP contribution in [-0.4, -0.2) is 14.2 Å². The SMILES string of the molecule is [CH3-].[Cl][Ru+3].[NH-]C(c1ccccc1)C([N-]S(=O)(=O)CCc1c(Oc2ccccc2)cccc1Oc1ccccc1)c1ccccc1. The molecule has 0 heterocycles. The Kier molecular flexibility index (Phi) is 14.1. The minimum Gasteiger partial charge on any atom is -0.672 e. The van der Waals surface area contributed by atoms with E-state index in [1.165, 1.54) is 0 Å². The molecule has 0 radical (unpaired) electrons. The molecule has 0 saturated heterocycles. The van der Waals surface area contributed by atoms with Crippen LogP contribution >= 0.6 is 9.69 Å². The maximum atomic E-state index is 13.5. The van der Waals surface area contributed by atoms with Gasteiger partial charge >= 0.3 is 27.0 Å². The van der Waals surface area contributed by atoms with Crippen LogP contribution < -0.4 is 9.47 Å². The van der Waals surface area contributed by atoms with Crippen LogP contribution in [0.5, 0.6) is 23.0 Å². The zero-order chi connectivity index (χ0) is 30.5. The van der Waals surface area contributed by atoms with Gasteiger partial charge in [-0.15, -0.1) is 12.1 Å². The molecule has 5 aromatic carbocycles. The van der Waals surface area contributed by atoms with E-state index in [0.29, 0.717) is 39.7 Å². The van der Waals surface area contributed by atoms with Gasteiger partial charge in [-0.1, -0.05) is 114 Å². The van der Waals surface area contributed by atoms with E-state index < -0.39 is 22.1 Å². The molecule has 0 bridgehead atoms. The van der Waals surface area contributed by atoms with Gasteiger partial charge in [0.1, 0.15) is 23.0 Å². The van der Waals surface area contributed by atoms with Crippen LogP contribution in [0.25, 0.3) is 10.5 Å². The van der Waals surface area contributed by atoms with Crippen LogP contribution in [0.4, 0.5) is 0 Å². The fraction of sp³-hybridized carbons (Fsp3) is 0.114. The van der Waals surface area contributed by atoms with Crippen molar-refractivity contribution in [3.05, 3.63) is 174 Å². The van der Waals surface area contributed by atoms with E-state index in [9.17, 15) is 8.42 Å². The van der Waals surface area contributed by atoms with Crippen LogP contribution in [0, 0.1) is 7.43 Å². The molecule has 2 unspecified atom stereocenters. The largest absolute Gasteiger partial charge is 0.672 e. The Labute approximate surface area is 275 Å². The van der Waals surface area contributed by atoms with Crippen LogP contribution in [-0.2, 0) is 33.8 Å². The number of ether oxygens (including phenoxy) is 2. The van der Waals surface area contributed by atoms with Crippen molar-refractivity contribution in [2.24, 2.45) is 0 Å². The Morgan fingerprint density at radius 1 is 0.636 bits per heavy atom. The number of benzene rings is 5. The van der Waals surface area contributed by atoms with Crippen molar-refractivity contribution in [3.8, 4) is 23.0 Å². The van der Waals surface area contributed by atoms with E-state index >= 15 is 0 Å². The van der Waals surface area contributed by atoms with Crippen molar-refractivity contribution in [2.75, 3.05) is 5.75 Å². The fourth-order valence-corrected chi connectivity index (χ4v) is 5.63. The van der Waals surface area contributed by atoms with Gasteiger partial charge < -0.3 is 27.4 Å². The van der Waals surface area contributed by atoms with Gasteiger partial charge in [-0.05, 0) is 42.8 Å². The quantitative estimate of drug-likeness (QED) is 0.0951. The van der Waals surface area contributed by atoms with Gasteiger partial charge in [0.15, 0.2) is 0 Å². The summed E-state index contributed by atoms with van der Waals surface area (Å²) in [6.07, 6.45) is 0.104. The van der Waals surface area contributed by atoms with Gasteiger partial charge in [-0.2, -0.15) is 0 Å². The van der Waals surface area contributed by atoms with Crippen molar-refractivity contribution in [2.45, 2.75) is 18.5 Å². The number of para-hydroxylation sites is 2. The molecule has 44 heavy (non-hydrogen) atoms. The number of halogens is 1. The third kappa shape index (κ3) is 10.0. The average Bonchev–Trinajstić information content (AvgIpc) is 3.06. The molecule has 0 fully saturated rings. The predicted molar refractivity (Wildman–Crippen MR) is 175 cm³/mol. The number of sulfonamides is 1. The van der Waals surface area contributed by atoms with Gasteiger partial charge in [0.25, 0.3) is 0 Å². The maximum absolute atomic E-state index is 13.5. The van der Waals surface area contributed by atoms with Crippen LogP contribution in [0.15, 0.2) is 140 Å². The summed E-state index contributed by atoms with van der Waals surface area (Å²) < 4.78 is 43.7. The molecule has 1 N–H and O–H groups in total. The molecule has 2 atom stereocenters. The molecule has 9 heteroatoms. The topological polar surface area (TPSA) is 90.5 Å². The molecular weight excluding hydrogens is 681 g/mol. The van der Waals surface area contributed by atoms with Crippen molar-refractivity contribution in [3.63, 3.8) is 0 Å². The Balaban J connectivity index is 0.00000173. The van der Waals surface area contributed by atoms with Gasteiger partial charge in [0.05, 0.1) is 10.0 Å². The summed E-state index contributed by atoms with van der Waals surface area (Å²) in [4.78, 5) is 0. The third-order valence-corrected chi connectivity index (χ3v) is 7.80. The third-order valence-electron chi connectivity index (χ3n) is 6.53. The Bertz CT molecular complexity index is 1590. The molecule has 5 aromatic rings. The first-order valence-corrected chi connectivity index (χ1v) is 17.3. The molecule has 0 saturated carbocycles. The second kappa shape index (κ2) is 17.7. The minimum absolute atomic E-state index is 0. The molecule has 0 spiro atoms. The summed E-state index contributed by atoms with van der Waals surface area (Å²) in [7, 11) is 0.603. The van der Waals surface area contributed by atoms with E-state index in [2.05, 4.69) is 14.4 Å².